The van der Waals surface area contributed by atoms with E-state index in [9.17, 15) is 18.3 Å². The summed E-state index contributed by atoms with van der Waals surface area (Å²) in [6, 6.07) is 4.17. The molecule has 2 aliphatic heterocycles. The van der Waals surface area contributed by atoms with Gasteiger partial charge in [0.25, 0.3) is 0 Å². The number of carboxylic acids is 1. The number of hydrogen-bond acceptors (Lipinski definition) is 5. The maximum Gasteiger partial charge on any atom is 0.339 e. The smallest absolute Gasteiger partial charge is 0.339 e. The summed E-state index contributed by atoms with van der Waals surface area (Å²) in [5.41, 5.74) is 0.897. The van der Waals surface area contributed by atoms with Crippen LogP contribution in [0.25, 0.3) is 0 Å². The average Bonchev–Trinajstić information content (AvgIpc) is 3.32. The molecule has 3 rings (SSSR count). The van der Waals surface area contributed by atoms with Crippen LogP contribution < -0.4 is 4.74 Å². The van der Waals surface area contributed by atoms with Crippen LogP contribution in [0.1, 0.15) is 121 Å². The van der Waals surface area contributed by atoms with Crippen molar-refractivity contribution in [2.75, 3.05) is 6.61 Å². The van der Waals surface area contributed by atoms with Crippen molar-refractivity contribution in [3.8, 4) is 11.5 Å². The van der Waals surface area contributed by atoms with E-state index in [4.69, 9.17) is 9.84 Å². The number of sulfone groups is 1. The minimum absolute atomic E-state index is 0.140. The number of aromatic hydroxyl groups is 1. The van der Waals surface area contributed by atoms with Gasteiger partial charge in [-0.05, 0) is 61.3 Å². The van der Waals surface area contributed by atoms with Crippen molar-refractivity contribution in [2.45, 2.75) is 110 Å². The van der Waals surface area contributed by atoms with Gasteiger partial charge in [-0.15, -0.1) is 0 Å². The standard InChI is InChI=1S/C21H34O2S.C10H12O4/c1-2-3-4-5-6-7-8-9-10-11-12-13-14-15-19-18-20-16-17-21(19)24(20,22)23;1-2-5-14-7-3-4-9(11)8(6-7)10(12)13/h16-18H,2-15H2,1H3;3-4,6,11H,2,5H2,1H3,(H,12,13). The van der Waals surface area contributed by atoms with Crippen LogP contribution in [0.3, 0.4) is 0 Å². The van der Waals surface area contributed by atoms with Gasteiger partial charge >= 0.3 is 5.97 Å². The molecule has 0 saturated carbocycles. The Morgan fingerprint density at radius 2 is 1.39 bits per heavy atom. The predicted molar refractivity (Wildman–Crippen MR) is 154 cm³/mol. The Hall–Kier alpha value is -2.54. The first-order chi connectivity index (χ1) is 18.3. The molecule has 0 atom stereocenters. The van der Waals surface area contributed by atoms with E-state index in [2.05, 4.69) is 6.92 Å². The summed E-state index contributed by atoms with van der Waals surface area (Å²) in [5.74, 6) is -0.951. The van der Waals surface area contributed by atoms with E-state index in [0.717, 1.165) is 24.8 Å². The number of ether oxygens (including phenoxy) is 1. The van der Waals surface area contributed by atoms with Gasteiger partial charge in [-0.2, -0.15) is 0 Å². The number of benzene rings is 1. The first kappa shape index (κ1) is 31.7. The Morgan fingerprint density at radius 1 is 0.816 bits per heavy atom. The second-order valence-corrected chi connectivity index (χ2v) is 12.0. The number of unbranched alkanes of at least 4 members (excludes halogenated alkanes) is 12. The molecule has 0 unspecified atom stereocenters. The summed E-state index contributed by atoms with van der Waals surface area (Å²) in [6.45, 7) is 4.76. The van der Waals surface area contributed by atoms with Gasteiger partial charge in [0, 0.05) is 0 Å². The summed E-state index contributed by atoms with van der Waals surface area (Å²) < 4.78 is 29.0. The van der Waals surface area contributed by atoms with Crippen LogP contribution >= 0.6 is 0 Å². The highest BCUT2D eigenvalue weighted by Gasteiger charge is 2.33. The number of aromatic carboxylic acids is 1. The van der Waals surface area contributed by atoms with Crippen molar-refractivity contribution >= 4 is 15.8 Å². The number of phenols is 1. The third-order valence-electron chi connectivity index (χ3n) is 6.85. The van der Waals surface area contributed by atoms with Crippen LogP contribution in [-0.2, 0) is 9.84 Å². The van der Waals surface area contributed by atoms with Gasteiger partial charge in [-0.3, -0.25) is 0 Å². The van der Waals surface area contributed by atoms with Crippen LogP contribution in [0.2, 0.25) is 0 Å². The Labute approximate surface area is 229 Å². The molecular formula is C31H46O6S. The molecule has 6 nitrogen and oxygen atoms in total. The van der Waals surface area contributed by atoms with Crippen molar-refractivity contribution in [3.63, 3.8) is 0 Å². The molecule has 0 saturated heterocycles. The highest BCUT2D eigenvalue weighted by molar-refractivity contribution is 8.00. The summed E-state index contributed by atoms with van der Waals surface area (Å²) >= 11 is 0. The van der Waals surface area contributed by atoms with Gasteiger partial charge in [0.05, 0.1) is 16.4 Å². The Kier molecular flexibility index (Phi) is 14.3. The minimum Gasteiger partial charge on any atom is -0.507 e. The van der Waals surface area contributed by atoms with Crippen molar-refractivity contribution in [1.82, 2.24) is 0 Å². The molecule has 0 amide bonds. The van der Waals surface area contributed by atoms with Crippen molar-refractivity contribution in [1.29, 1.82) is 0 Å². The van der Waals surface area contributed by atoms with Gasteiger partial charge in [0.2, 0.25) is 9.84 Å². The largest absolute Gasteiger partial charge is 0.507 e. The maximum atomic E-state index is 11.9. The fourth-order valence-corrected chi connectivity index (χ4v) is 6.19. The second kappa shape index (κ2) is 17.1. The average molecular weight is 547 g/mol. The summed E-state index contributed by atoms with van der Waals surface area (Å²) in [4.78, 5) is 11.7. The molecule has 0 aromatic heterocycles. The lowest BCUT2D eigenvalue weighted by molar-refractivity contribution is 0.0693. The lowest BCUT2D eigenvalue weighted by Gasteiger charge is -2.06. The van der Waals surface area contributed by atoms with Gasteiger partial charge < -0.3 is 14.9 Å². The molecule has 2 heterocycles. The second-order valence-electron chi connectivity index (χ2n) is 10.1. The zero-order valence-electron chi connectivity index (χ0n) is 23.2. The van der Waals surface area contributed by atoms with Gasteiger partial charge in [-0.1, -0.05) is 90.9 Å². The molecule has 2 N–H and O–H groups in total. The molecule has 38 heavy (non-hydrogen) atoms. The summed E-state index contributed by atoms with van der Waals surface area (Å²) in [5, 5.41) is 17.9. The summed E-state index contributed by atoms with van der Waals surface area (Å²) in [7, 11) is -3.08. The molecule has 1 aromatic rings. The van der Waals surface area contributed by atoms with E-state index in [1.165, 1.54) is 95.2 Å². The monoisotopic (exact) mass is 546 g/mol. The molecular weight excluding hydrogens is 500 g/mol. The summed E-state index contributed by atoms with van der Waals surface area (Å²) in [6.07, 6.45) is 24.7. The van der Waals surface area contributed by atoms with E-state index in [0.29, 0.717) is 22.2 Å². The Bertz CT molecular complexity index is 1080. The molecule has 0 fully saturated rings. The van der Waals surface area contributed by atoms with E-state index in [1.54, 1.807) is 12.2 Å². The molecule has 0 spiro atoms. The number of carbonyl (C=O) groups is 1. The van der Waals surface area contributed by atoms with Crippen molar-refractivity contribution < 1.29 is 28.2 Å². The fourth-order valence-electron chi connectivity index (χ4n) is 4.64. The Balaban J connectivity index is 0.000000308. The lowest BCUT2D eigenvalue weighted by Crippen LogP contribution is -1.99. The van der Waals surface area contributed by atoms with Crippen molar-refractivity contribution in [2.24, 2.45) is 0 Å². The fraction of sp³-hybridized carbons (Fsp3) is 0.581. The highest BCUT2D eigenvalue weighted by atomic mass is 32.2. The first-order valence-corrected chi connectivity index (χ1v) is 15.9. The quantitative estimate of drug-likeness (QED) is 0.179. The third kappa shape index (κ3) is 10.3. The molecule has 0 radical (unpaired) electrons. The topological polar surface area (TPSA) is 101 Å². The van der Waals surface area contributed by atoms with Gasteiger partial charge in [0.1, 0.15) is 17.1 Å². The zero-order chi connectivity index (χ0) is 27.8. The number of carboxylic acid groups (broad SMARTS) is 1. The van der Waals surface area contributed by atoms with E-state index >= 15 is 0 Å². The lowest BCUT2D eigenvalue weighted by atomic mass is 10.0. The molecule has 2 bridgehead atoms. The molecule has 212 valence electrons. The number of fused-ring (bicyclic) bond motifs is 2. The highest BCUT2D eigenvalue weighted by Crippen LogP contribution is 2.39. The molecule has 2 aliphatic rings. The molecule has 7 heteroatoms. The normalized spacial score (nSPS) is 14.8. The number of rotatable bonds is 18. The SMILES string of the molecule is CCCCCCCCCCCCCCCC1=C2C=CC(=C1)S2(=O)=O.CCCOc1ccc(O)c(C(=O)O)c1. The number of hydrogen-bond donors (Lipinski definition) is 2. The Morgan fingerprint density at radius 3 is 1.87 bits per heavy atom. The molecule has 0 aliphatic carbocycles. The van der Waals surface area contributed by atoms with Crippen LogP contribution in [0.15, 0.2) is 51.8 Å². The van der Waals surface area contributed by atoms with Crippen LogP contribution in [0.5, 0.6) is 11.5 Å². The number of allylic oxidation sites excluding steroid dienone is 4. The van der Waals surface area contributed by atoms with Crippen LogP contribution in [-0.4, -0.2) is 31.2 Å². The minimum atomic E-state index is -3.08. The van der Waals surface area contributed by atoms with Gasteiger partial charge in [0.15, 0.2) is 0 Å². The molecule has 1 aromatic carbocycles. The van der Waals surface area contributed by atoms with E-state index < -0.39 is 15.8 Å². The van der Waals surface area contributed by atoms with Crippen LogP contribution in [0.4, 0.5) is 0 Å². The zero-order valence-corrected chi connectivity index (χ0v) is 24.0. The van der Waals surface area contributed by atoms with Crippen LogP contribution in [0, 0.1) is 0 Å². The van der Waals surface area contributed by atoms with Gasteiger partial charge in [-0.25, -0.2) is 13.2 Å². The van der Waals surface area contributed by atoms with E-state index in [1.807, 2.05) is 13.0 Å². The first-order valence-electron chi connectivity index (χ1n) is 14.4. The maximum absolute atomic E-state index is 11.9. The predicted octanol–water partition coefficient (Wildman–Crippen LogP) is 8.48. The third-order valence-corrected chi connectivity index (χ3v) is 8.70. The van der Waals surface area contributed by atoms with Crippen molar-refractivity contribution in [3.05, 3.63) is 57.4 Å². The van der Waals surface area contributed by atoms with E-state index in [-0.39, 0.29) is 11.3 Å².